The van der Waals surface area contributed by atoms with Crippen LogP contribution in [0.25, 0.3) is 0 Å². The van der Waals surface area contributed by atoms with Crippen molar-refractivity contribution in [2.45, 2.75) is 13.3 Å². The van der Waals surface area contributed by atoms with Crippen LogP contribution >= 0.6 is 0 Å². The van der Waals surface area contributed by atoms with E-state index in [-0.39, 0.29) is 30.0 Å². The molecule has 0 aliphatic rings. The zero-order chi connectivity index (χ0) is 19.1. The van der Waals surface area contributed by atoms with Crippen LogP contribution in [0.3, 0.4) is 0 Å². The summed E-state index contributed by atoms with van der Waals surface area (Å²) in [4.78, 5) is 34.3. The summed E-state index contributed by atoms with van der Waals surface area (Å²) in [6.45, 7) is 1.92. The fraction of sp³-hybridized carbons (Fsp3) is 0.176. The summed E-state index contributed by atoms with van der Waals surface area (Å²) >= 11 is 0. The third-order valence-electron chi connectivity index (χ3n) is 3.31. The Labute approximate surface area is 148 Å². The van der Waals surface area contributed by atoms with Crippen LogP contribution in [0, 0.1) is 15.9 Å². The van der Waals surface area contributed by atoms with E-state index in [0.29, 0.717) is 5.56 Å². The van der Waals surface area contributed by atoms with Crippen molar-refractivity contribution >= 4 is 17.5 Å². The number of nitrogens with one attached hydrogen (secondary N) is 2. The SMILES string of the molecule is CCOc1ccc(C(=O)NNC(=O)Cc2ccc(F)cc2)cc1[N+](=O)[O-]. The highest BCUT2D eigenvalue weighted by molar-refractivity contribution is 5.96. The molecule has 0 saturated heterocycles. The number of benzene rings is 2. The van der Waals surface area contributed by atoms with Crippen LogP contribution in [0.1, 0.15) is 22.8 Å². The first-order chi connectivity index (χ1) is 12.4. The average molecular weight is 361 g/mol. The summed E-state index contributed by atoms with van der Waals surface area (Å²) < 4.78 is 18.0. The number of nitro groups is 1. The van der Waals surface area contributed by atoms with Gasteiger partial charge in [0.1, 0.15) is 5.82 Å². The maximum Gasteiger partial charge on any atom is 0.311 e. The molecule has 0 radical (unpaired) electrons. The lowest BCUT2D eigenvalue weighted by molar-refractivity contribution is -0.385. The Bertz CT molecular complexity index is 824. The molecular weight excluding hydrogens is 345 g/mol. The van der Waals surface area contributed by atoms with Gasteiger partial charge in [0.2, 0.25) is 5.91 Å². The number of carbonyl (C=O) groups excluding carboxylic acids is 2. The summed E-state index contributed by atoms with van der Waals surface area (Å²) in [5.74, 6) is -1.61. The third-order valence-corrected chi connectivity index (χ3v) is 3.31. The van der Waals surface area contributed by atoms with Crippen molar-refractivity contribution in [2.75, 3.05) is 6.61 Å². The second-order valence-corrected chi connectivity index (χ2v) is 5.18. The van der Waals surface area contributed by atoms with E-state index in [0.717, 1.165) is 6.07 Å². The Morgan fingerprint density at radius 3 is 2.46 bits per heavy atom. The van der Waals surface area contributed by atoms with Gasteiger partial charge in [-0.15, -0.1) is 0 Å². The Balaban J connectivity index is 1.98. The summed E-state index contributed by atoms with van der Waals surface area (Å²) in [6, 6.07) is 9.07. The third kappa shape index (κ3) is 5.00. The topological polar surface area (TPSA) is 111 Å². The monoisotopic (exact) mass is 361 g/mol. The van der Waals surface area contributed by atoms with Gasteiger partial charge in [0, 0.05) is 11.6 Å². The lowest BCUT2D eigenvalue weighted by Crippen LogP contribution is -2.42. The van der Waals surface area contributed by atoms with Gasteiger partial charge in [0.25, 0.3) is 5.91 Å². The normalized spacial score (nSPS) is 10.1. The van der Waals surface area contributed by atoms with Gasteiger partial charge in [0.05, 0.1) is 18.0 Å². The molecule has 26 heavy (non-hydrogen) atoms. The Morgan fingerprint density at radius 1 is 1.15 bits per heavy atom. The number of ether oxygens (including phenoxy) is 1. The highest BCUT2D eigenvalue weighted by Crippen LogP contribution is 2.27. The van der Waals surface area contributed by atoms with Gasteiger partial charge in [-0.1, -0.05) is 12.1 Å². The first kappa shape index (κ1) is 18.8. The van der Waals surface area contributed by atoms with Crippen LogP contribution in [0.5, 0.6) is 5.75 Å². The van der Waals surface area contributed by atoms with Crippen molar-refractivity contribution in [3.63, 3.8) is 0 Å². The molecule has 8 nitrogen and oxygen atoms in total. The molecule has 9 heteroatoms. The molecule has 0 heterocycles. The molecule has 2 amide bonds. The van der Waals surface area contributed by atoms with Crippen LogP contribution in [0.15, 0.2) is 42.5 Å². The quantitative estimate of drug-likeness (QED) is 0.605. The fourth-order valence-electron chi connectivity index (χ4n) is 2.11. The van der Waals surface area contributed by atoms with Gasteiger partial charge in [-0.3, -0.25) is 30.6 Å². The van der Waals surface area contributed by atoms with E-state index in [4.69, 9.17) is 4.74 Å². The standard InChI is InChI=1S/C17H16FN3O5/c1-2-26-15-8-5-12(10-14(15)21(24)25)17(23)20-19-16(22)9-11-3-6-13(18)7-4-11/h3-8,10H,2,9H2,1H3,(H,19,22)(H,20,23). The number of rotatable bonds is 6. The Kier molecular flexibility index (Phi) is 6.20. The molecule has 0 saturated carbocycles. The van der Waals surface area contributed by atoms with E-state index in [1.54, 1.807) is 6.92 Å². The number of hydrazine groups is 1. The molecule has 0 fully saturated rings. The van der Waals surface area contributed by atoms with E-state index < -0.39 is 22.6 Å². The number of carbonyl (C=O) groups is 2. The van der Waals surface area contributed by atoms with Crippen LogP contribution < -0.4 is 15.6 Å². The van der Waals surface area contributed by atoms with Crippen LogP contribution in [-0.4, -0.2) is 23.3 Å². The van der Waals surface area contributed by atoms with Gasteiger partial charge in [-0.25, -0.2) is 4.39 Å². The predicted octanol–water partition coefficient (Wildman–Crippen LogP) is 2.14. The minimum atomic E-state index is -0.719. The zero-order valence-electron chi connectivity index (χ0n) is 13.8. The molecule has 0 unspecified atom stereocenters. The van der Waals surface area contributed by atoms with Crippen molar-refractivity contribution in [3.8, 4) is 5.75 Å². The number of nitrogens with zero attached hydrogens (tertiary/aromatic N) is 1. The van der Waals surface area contributed by atoms with Gasteiger partial charge in [-0.05, 0) is 36.8 Å². The fourth-order valence-corrected chi connectivity index (χ4v) is 2.11. The van der Waals surface area contributed by atoms with Crippen molar-refractivity contribution in [1.82, 2.24) is 10.9 Å². The number of hydrogen-bond acceptors (Lipinski definition) is 5. The van der Waals surface area contributed by atoms with E-state index in [2.05, 4.69) is 10.9 Å². The van der Waals surface area contributed by atoms with Crippen molar-refractivity contribution in [2.24, 2.45) is 0 Å². The zero-order valence-corrected chi connectivity index (χ0v) is 13.8. The molecule has 0 bridgehead atoms. The lowest BCUT2D eigenvalue weighted by atomic mass is 10.1. The van der Waals surface area contributed by atoms with E-state index >= 15 is 0 Å². The molecule has 0 spiro atoms. The van der Waals surface area contributed by atoms with Gasteiger partial charge < -0.3 is 4.74 Å². The second kappa shape index (κ2) is 8.56. The molecule has 2 aromatic carbocycles. The predicted molar refractivity (Wildman–Crippen MR) is 90.0 cm³/mol. The highest BCUT2D eigenvalue weighted by Gasteiger charge is 2.19. The molecule has 2 N–H and O–H groups in total. The van der Waals surface area contributed by atoms with Gasteiger partial charge >= 0.3 is 5.69 Å². The van der Waals surface area contributed by atoms with E-state index in [1.165, 1.54) is 36.4 Å². The van der Waals surface area contributed by atoms with Gasteiger partial charge in [-0.2, -0.15) is 0 Å². The van der Waals surface area contributed by atoms with Crippen LogP contribution in [0.2, 0.25) is 0 Å². The van der Waals surface area contributed by atoms with Crippen molar-refractivity contribution in [1.29, 1.82) is 0 Å². The first-order valence-corrected chi connectivity index (χ1v) is 7.65. The molecule has 2 rings (SSSR count). The molecule has 0 aliphatic heterocycles. The number of hydrogen-bond donors (Lipinski definition) is 2. The van der Waals surface area contributed by atoms with Crippen LogP contribution in [-0.2, 0) is 11.2 Å². The minimum absolute atomic E-state index is 0.0118. The molecule has 0 atom stereocenters. The van der Waals surface area contributed by atoms with Crippen LogP contribution in [0.4, 0.5) is 10.1 Å². The number of nitro benzene ring substituents is 1. The summed E-state index contributed by atoms with van der Waals surface area (Å²) in [7, 11) is 0. The smallest absolute Gasteiger partial charge is 0.311 e. The molecule has 2 aromatic rings. The molecule has 0 aliphatic carbocycles. The van der Waals surface area contributed by atoms with E-state index in [9.17, 15) is 24.1 Å². The Hall–Kier alpha value is -3.49. The summed E-state index contributed by atoms with van der Waals surface area (Å²) in [5.41, 5.74) is 4.57. The molecule has 136 valence electrons. The molecule has 0 aromatic heterocycles. The Morgan fingerprint density at radius 2 is 1.85 bits per heavy atom. The van der Waals surface area contributed by atoms with Crippen molar-refractivity contribution in [3.05, 3.63) is 69.5 Å². The summed E-state index contributed by atoms with van der Waals surface area (Å²) in [5, 5.41) is 11.1. The van der Waals surface area contributed by atoms with Gasteiger partial charge in [0.15, 0.2) is 5.75 Å². The maximum atomic E-state index is 12.8. The summed E-state index contributed by atoms with van der Waals surface area (Å²) in [6.07, 6.45) is -0.0655. The second-order valence-electron chi connectivity index (χ2n) is 5.18. The maximum absolute atomic E-state index is 12.8. The number of amides is 2. The van der Waals surface area contributed by atoms with E-state index in [1.807, 2.05) is 0 Å². The molecular formula is C17H16FN3O5. The number of halogens is 1. The largest absolute Gasteiger partial charge is 0.487 e. The highest BCUT2D eigenvalue weighted by atomic mass is 19.1. The van der Waals surface area contributed by atoms with Crippen molar-refractivity contribution < 1.29 is 23.6 Å². The lowest BCUT2D eigenvalue weighted by Gasteiger charge is -2.09. The average Bonchev–Trinajstić information content (AvgIpc) is 2.62. The first-order valence-electron chi connectivity index (χ1n) is 7.65. The minimum Gasteiger partial charge on any atom is -0.487 e.